The molecule has 0 aromatic carbocycles. The van der Waals surface area contributed by atoms with Crippen molar-refractivity contribution in [2.45, 2.75) is 26.8 Å². The van der Waals surface area contributed by atoms with Crippen molar-refractivity contribution in [1.29, 1.82) is 0 Å². The monoisotopic (exact) mass is 480 g/mol. The highest BCUT2D eigenvalue weighted by atomic mass is 127. The summed E-state index contributed by atoms with van der Waals surface area (Å²) in [5.41, 5.74) is 2.15. The molecule has 2 rings (SSSR count). The van der Waals surface area contributed by atoms with Crippen molar-refractivity contribution in [3.63, 3.8) is 0 Å². The number of aryl methyl sites for hydroxylation is 2. The van der Waals surface area contributed by atoms with Crippen molar-refractivity contribution in [3.8, 4) is 0 Å². The van der Waals surface area contributed by atoms with E-state index in [1.807, 2.05) is 19.0 Å². The molecule has 2 heterocycles. The van der Waals surface area contributed by atoms with E-state index in [9.17, 15) is 0 Å². The maximum Gasteiger partial charge on any atom is 0.191 e. The van der Waals surface area contributed by atoms with Gasteiger partial charge in [-0.3, -0.25) is 4.99 Å². The number of thiazole rings is 2. The molecule has 0 amide bonds. The normalized spacial score (nSPS) is 11.1. The lowest BCUT2D eigenvalue weighted by Gasteiger charge is -2.10. The van der Waals surface area contributed by atoms with Crippen LogP contribution in [0.4, 0.5) is 5.13 Å². The fourth-order valence-electron chi connectivity index (χ4n) is 1.91. The Hall–Kier alpha value is -0.940. The Balaban J connectivity index is 0.00000288. The Kier molecular flexibility index (Phi) is 8.92. The maximum atomic E-state index is 4.55. The summed E-state index contributed by atoms with van der Waals surface area (Å²) in [5, 5.41) is 10.8. The Morgan fingerprint density at radius 1 is 1.25 bits per heavy atom. The molecule has 0 aliphatic rings. The number of anilines is 1. The van der Waals surface area contributed by atoms with Gasteiger partial charge in [0.2, 0.25) is 0 Å². The SMILES string of the molecule is CN=C(NCCc1nc(C)c(C)s1)NCc1csc(N(C)C)n1.I. The van der Waals surface area contributed by atoms with Gasteiger partial charge >= 0.3 is 0 Å². The van der Waals surface area contributed by atoms with E-state index in [1.54, 1.807) is 29.7 Å². The second kappa shape index (κ2) is 10.1. The minimum atomic E-state index is 0. The number of hydrogen-bond acceptors (Lipinski definition) is 6. The van der Waals surface area contributed by atoms with Gasteiger partial charge in [0.25, 0.3) is 0 Å². The van der Waals surface area contributed by atoms with E-state index in [0.29, 0.717) is 6.54 Å². The lowest BCUT2D eigenvalue weighted by molar-refractivity contribution is 0.782. The van der Waals surface area contributed by atoms with Crippen molar-refractivity contribution in [2.24, 2.45) is 4.99 Å². The lowest BCUT2D eigenvalue weighted by atomic mass is 10.4. The molecule has 134 valence electrons. The molecular formula is C15H25IN6S2. The van der Waals surface area contributed by atoms with Gasteiger partial charge in [0, 0.05) is 44.4 Å². The highest BCUT2D eigenvalue weighted by Crippen LogP contribution is 2.18. The summed E-state index contributed by atoms with van der Waals surface area (Å²) in [7, 11) is 5.77. The van der Waals surface area contributed by atoms with Crippen LogP contribution in [0.2, 0.25) is 0 Å². The molecule has 0 fully saturated rings. The summed E-state index contributed by atoms with van der Waals surface area (Å²) in [4.78, 5) is 16.6. The van der Waals surface area contributed by atoms with Gasteiger partial charge in [-0.25, -0.2) is 9.97 Å². The molecule has 0 aliphatic heterocycles. The van der Waals surface area contributed by atoms with Crippen LogP contribution in [0.25, 0.3) is 0 Å². The second-order valence-corrected chi connectivity index (χ2v) is 7.49. The lowest BCUT2D eigenvalue weighted by Crippen LogP contribution is -2.37. The Labute approximate surface area is 168 Å². The number of nitrogens with one attached hydrogen (secondary N) is 2. The summed E-state index contributed by atoms with van der Waals surface area (Å²) in [5.74, 6) is 0.786. The standard InChI is InChI=1S/C15H24N6S2.HI/c1-10-11(2)23-13(19-10)6-7-17-14(16-3)18-8-12-9-22-15(20-12)21(4)5;/h9H,6-8H2,1-5H3,(H2,16,17,18);1H. The Morgan fingerprint density at radius 2 is 2.00 bits per heavy atom. The summed E-state index contributed by atoms with van der Waals surface area (Å²) in [6.07, 6.45) is 0.904. The molecule has 0 saturated heterocycles. The van der Waals surface area contributed by atoms with E-state index in [0.717, 1.165) is 40.5 Å². The smallest absolute Gasteiger partial charge is 0.191 e. The largest absolute Gasteiger partial charge is 0.356 e. The second-order valence-electron chi connectivity index (χ2n) is 5.37. The first-order valence-electron chi connectivity index (χ1n) is 7.48. The summed E-state index contributed by atoms with van der Waals surface area (Å²) >= 11 is 3.41. The molecule has 6 nitrogen and oxygen atoms in total. The number of halogens is 1. The predicted octanol–water partition coefficient (Wildman–Crippen LogP) is 2.81. The number of rotatable bonds is 6. The summed E-state index contributed by atoms with van der Waals surface area (Å²) < 4.78 is 0. The van der Waals surface area contributed by atoms with Gasteiger partial charge in [-0.1, -0.05) is 0 Å². The molecule has 0 radical (unpaired) electrons. The zero-order valence-electron chi connectivity index (χ0n) is 14.7. The van der Waals surface area contributed by atoms with Gasteiger partial charge in [-0.15, -0.1) is 46.7 Å². The van der Waals surface area contributed by atoms with Crippen LogP contribution in [0.3, 0.4) is 0 Å². The van der Waals surface area contributed by atoms with E-state index < -0.39 is 0 Å². The molecule has 2 aromatic rings. The zero-order valence-corrected chi connectivity index (χ0v) is 18.7. The predicted molar refractivity (Wildman–Crippen MR) is 115 cm³/mol. The van der Waals surface area contributed by atoms with E-state index in [4.69, 9.17) is 0 Å². The number of nitrogens with zero attached hydrogens (tertiary/aromatic N) is 4. The van der Waals surface area contributed by atoms with Crippen LogP contribution in [0, 0.1) is 13.8 Å². The van der Waals surface area contributed by atoms with Crippen molar-refractivity contribution >= 4 is 57.7 Å². The fraction of sp³-hybridized carbons (Fsp3) is 0.533. The summed E-state index contributed by atoms with van der Waals surface area (Å²) in [6.45, 7) is 5.64. The van der Waals surface area contributed by atoms with Gasteiger partial charge < -0.3 is 15.5 Å². The van der Waals surface area contributed by atoms with Gasteiger partial charge in [0.05, 0.1) is 22.9 Å². The fourth-order valence-corrected chi connectivity index (χ4v) is 3.60. The highest BCUT2D eigenvalue weighted by Gasteiger charge is 2.06. The molecule has 0 unspecified atom stereocenters. The molecular weight excluding hydrogens is 455 g/mol. The molecule has 24 heavy (non-hydrogen) atoms. The number of aliphatic imine (C=N–C) groups is 1. The molecule has 2 aromatic heterocycles. The third-order valence-electron chi connectivity index (χ3n) is 3.29. The van der Waals surface area contributed by atoms with Crippen LogP contribution >= 0.6 is 46.7 Å². The van der Waals surface area contributed by atoms with Crippen LogP contribution in [0.1, 0.15) is 21.3 Å². The molecule has 0 saturated carbocycles. The average molecular weight is 480 g/mol. The van der Waals surface area contributed by atoms with E-state index >= 15 is 0 Å². The number of hydrogen-bond donors (Lipinski definition) is 2. The zero-order chi connectivity index (χ0) is 16.8. The van der Waals surface area contributed by atoms with Crippen LogP contribution in [0.5, 0.6) is 0 Å². The number of guanidine groups is 1. The molecule has 2 N–H and O–H groups in total. The Morgan fingerprint density at radius 3 is 2.54 bits per heavy atom. The van der Waals surface area contributed by atoms with E-state index in [1.165, 1.54) is 4.88 Å². The molecule has 0 bridgehead atoms. The quantitative estimate of drug-likeness (QED) is 0.378. The van der Waals surface area contributed by atoms with Crippen molar-refractivity contribution in [2.75, 3.05) is 32.6 Å². The van der Waals surface area contributed by atoms with Gasteiger partial charge in [0.1, 0.15) is 0 Å². The van der Waals surface area contributed by atoms with E-state index in [-0.39, 0.29) is 24.0 Å². The molecule has 0 aliphatic carbocycles. The summed E-state index contributed by atoms with van der Waals surface area (Å²) in [6, 6.07) is 0. The maximum absolute atomic E-state index is 4.55. The van der Waals surface area contributed by atoms with E-state index in [2.05, 4.69) is 44.8 Å². The first-order chi connectivity index (χ1) is 11.0. The third-order valence-corrected chi connectivity index (χ3v) is 5.48. The Bertz CT molecular complexity index is 645. The van der Waals surface area contributed by atoms with Crippen LogP contribution < -0.4 is 15.5 Å². The van der Waals surface area contributed by atoms with Crippen molar-refractivity contribution < 1.29 is 0 Å². The number of aromatic nitrogens is 2. The highest BCUT2D eigenvalue weighted by molar-refractivity contribution is 14.0. The topological polar surface area (TPSA) is 65.4 Å². The molecule has 9 heteroatoms. The molecule has 0 atom stereocenters. The first-order valence-corrected chi connectivity index (χ1v) is 9.18. The molecule has 0 spiro atoms. The minimum Gasteiger partial charge on any atom is -0.356 e. The van der Waals surface area contributed by atoms with Crippen molar-refractivity contribution in [1.82, 2.24) is 20.6 Å². The van der Waals surface area contributed by atoms with Crippen molar-refractivity contribution in [3.05, 3.63) is 26.7 Å². The van der Waals surface area contributed by atoms with Crippen LogP contribution in [-0.2, 0) is 13.0 Å². The van der Waals surface area contributed by atoms with Crippen LogP contribution in [0.15, 0.2) is 10.4 Å². The van der Waals surface area contributed by atoms with Gasteiger partial charge in [-0.05, 0) is 13.8 Å². The van der Waals surface area contributed by atoms with Crippen LogP contribution in [-0.4, -0.2) is 43.6 Å². The average Bonchev–Trinajstić information content (AvgIpc) is 3.10. The van der Waals surface area contributed by atoms with Gasteiger partial charge in [-0.2, -0.15) is 0 Å². The van der Waals surface area contributed by atoms with Gasteiger partial charge in [0.15, 0.2) is 11.1 Å². The third kappa shape index (κ3) is 6.17. The minimum absolute atomic E-state index is 0. The first kappa shape index (κ1) is 21.1.